The van der Waals surface area contributed by atoms with Crippen molar-refractivity contribution in [3.05, 3.63) is 35.9 Å². The number of nitrogens with one attached hydrogen (secondary N) is 2. The first-order valence-electron chi connectivity index (χ1n) is 7.29. The summed E-state index contributed by atoms with van der Waals surface area (Å²) in [7, 11) is 0. The molecule has 0 saturated carbocycles. The summed E-state index contributed by atoms with van der Waals surface area (Å²) in [5.41, 5.74) is 0.631. The number of amides is 1. The number of carboxylic acids is 1. The minimum Gasteiger partial charge on any atom is -0.480 e. The lowest BCUT2D eigenvalue weighted by atomic mass is 10.1. The first-order valence-corrected chi connectivity index (χ1v) is 7.29. The summed E-state index contributed by atoms with van der Waals surface area (Å²) in [5.74, 6) is -1.18. The van der Waals surface area contributed by atoms with Gasteiger partial charge < -0.3 is 10.4 Å². The summed E-state index contributed by atoms with van der Waals surface area (Å²) < 4.78 is 0. The molecule has 0 radical (unpaired) electrons. The molecule has 0 aliphatic carbocycles. The first-order chi connectivity index (χ1) is 9.95. The number of benzene rings is 1. The van der Waals surface area contributed by atoms with E-state index in [2.05, 4.69) is 17.6 Å². The van der Waals surface area contributed by atoms with Crippen molar-refractivity contribution in [2.45, 2.75) is 51.7 Å². The molecule has 0 aromatic heterocycles. The average Bonchev–Trinajstić information content (AvgIpc) is 2.45. The van der Waals surface area contributed by atoms with E-state index in [-0.39, 0.29) is 11.9 Å². The Bertz CT molecular complexity index is 462. The lowest BCUT2D eigenvalue weighted by molar-refractivity contribution is -0.140. The Labute approximate surface area is 125 Å². The van der Waals surface area contributed by atoms with Gasteiger partial charge in [-0.25, -0.2) is 0 Å². The van der Waals surface area contributed by atoms with E-state index in [0.717, 1.165) is 12.8 Å². The molecule has 5 heteroatoms. The number of carbonyl (C=O) groups excluding carboxylic acids is 1. The summed E-state index contributed by atoms with van der Waals surface area (Å²) in [6.45, 7) is 5.67. The Kier molecular flexibility index (Phi) is 6.88. The van der Waals surface area contributed by atoms with Crippen molar-refractivity contribution in [3.63, 3.8) is 0 Å². The standard InChI is InChI=1S/C16H24N2O3/c1-4-8-11(2)17-15(19)12(3)18-14(16(20)21)13-9-6-5-7-10-13/h5-7,9-12,14,18H,4,8H2,1-3H3,(H,17,19)(H,20,21). The van der Waals surface area contributed by atoms with E-state index in [0.29, 0.717) is 5.56 Å². The second-order valence-electron chi connectivity index (χ2n) is 5.27. The Morgan fingerprint density at radius 1 is 1.19 bits per heavy atom. The fourth-order valence-corrected chi connectivity index (χ4v) is 2.15. The Morgan fingerprint density at radius 2 is 1.81 bits per heavy atom. The predicted octanol–water partition coefficient (Wildman–Crippen LogP) is 2.10. The minimum absolute atomic E-state index is 0.0896. The third-order valence-corrected chi connectivity index (χ3v) is 3.30. The highest BCUT2D eigenvalue weighted by Gasteiger charge is 2.24. The molecule has 1 aromatic carbocycles. The van der Waals surface area contributed by atoms with Gasteiger partial charge in [0.15, 0.2) is 0 Å². The molecule has 1 amide bonds. The quantitative estimate of drug-likeness (QED) is 0.685. The van der Waals surface area contributed by atoms with E-state index in [4.69, 9.17) is 0 Å². The fourth-order valence-electron chi connectivity index (χ4n) is 2.15. The molecule has 1 rings (SSSR count). The highest BCUT2D eigenvalue weighted by atomic mass is 16.4. The van der Waals surface area contributed by atoms with Crippen molar-refractivity contribution in [2.24, 2.45) is 0 Å². The van der Waals surface area contributed by atoms with Crippen LogP contribution in [0.15, 0.2) is 30.3 Å². The molecule has 0 aliphatic rings. The van der Waals surface area contributed by atoms with Crippen molar-refractivity contribution in [2.75, 3.05) is 0 Å². The summed E-state index contributed by atoms with van der Waals surface area (Å²) in [4.78, 5) is 23.4. The molecule has 0 fully saturated rings. The highest BCUT2D eigenvalue weighted by Crippen LogP contribution is 2.13. The molecule has 3 N–H and O–H groups in total. The number of carboxylic acid groups (broad SMARTS) is 1. The van der Waals surface area contributed by atoms with Crippen molar-refractivity contribution < 1.29 is 14.7 Å². The molecular weight excluding hydrogens is 268 g/mol. The van der Waals surface area contributed by atoms with Gasteiger partial charge in [0.25, 0.3) is 0 Å². The topological polar surface area (TPSA) is 78.4 Å². The van der Waals surface area contributed by atoms with Crippen LogP contribution in [-0.2, 0) is 9.59 Å². The predicted molar refractivity (Wildman–Crippen MR) is 81.9 cm³/mol. The number of hydrogen-bond donors (Lipinski definition) is 3. The van der Waals surface area contributed by atoms with Gasteiger partial charge in [0.1, 0.15) is 6.04 Å². The third kappa shape index (κ3) is 5.55. The van der Waals surface area contributed by atoms with E-state index >= 15 is 0 Å². The van der Waals surface area contributed by atoms with Crippen LogP contribution < -0.4 is 10.6 Å². The monoisotopic (exact) mass is 292 g/mol. The second-order valence-corrected chi connectivity index (χ2v) is 5.27. The smallest absolute Gasteiger partial charge is 0.325 e. The van der Waals surface area contributed by atoms with Gasteiger partial charge in [-0.05, 0) is 25.8 Å². The van der Waals surface area contributed by atoms with E-state index in [1.165, 1.54) is 0 Å². The van der Waals surface area contributed by atoms with E-state index in [9.17, 15) is 14.7 Å². The third-order valence-electron chi connectivity index (χ3n) is 3.30. The van der Waals surface area contributed by atoms with Gasteiger partial charge in [0, 0.05) is 6.04 Å². The van der Waals surface area contributed by atoms with Crippen LogP contribution >= 0.6 is 0 Å². The maximum Gasteiger partial charge on any atom is 0.325 e. The van der Waals surface area contributed by atoms with Crippen LogP contribution in [0.25, 0.3) is 0 Å². The lowest BCUT2D eigenvalue weighted by Crippen LogP contribution is -2.47. The molecule has 3 unspecified atom stereocenters. The molecule has 0 bridgehead atoms. The molecule has 21 heavy (non-hydrogen) atoms. The van der Waals surface area contributed by atoms with Crippen LogP contribution in [0.1, 0.15) is 45.2 Å². The van der Waals surface area contributed by atoms with Crippen molar-refractivity contribution in [3.8, 4) is 0 Å². The largest absolute Gasteiger partial charge is 0.480 e. The van der Waals surface area contributed by atoms with Gasteiger partial charge in [0.2, 0.25) is 5.91 Å². The molecule has 3 atom stereocenters. The van der Waals surface area contributed by atoms with Gasteiger partial charge in [-0.3, -0.25) is 14.9 Å². The van der Waals surface area contributed by atoms with Crippen LogP contribution in [-0.4, -0.2) is 29.1 Å². The van der Waals surface area contributed by atoms with E-state index in [1.54, 1.807) is 31.2 Å². The normalized spacial score (nSPS) is 15.0. The molecule has 0 heterocycles. The first kappa shape index (κ1) is 17.2. The summed E-state index contributed by atoms with van der Waals surface area (Å²) in [6.07, 6.45) is 1.89. The maximum absolute atomic E-state index is 12.1. The molecule has 5 nitrogen and oxygen atoms in total. The number of carbonyl (C=O) groups is 2. The van der Waals surface area contributed by atoms with Crippen molar-refractivity contribution in [1.29, 1.82) is 0 Å². The van der Waals surface area contributed by atoms with Crippen LogP contribution in [0.4, 0.5) is 0 Å². The molecule has 0 aliphatic heterocycles. The van der Waals surface area contributed by atoms with Gasteiger partial charge in [-0.15, -0.1) is 0 Å². The Hall–Kier alpha value is -1.88. The molecule has 0 saturated heterocycles. The van der Waals surface area contributed by atoms with Crippen LogP contribution in [0.3, 0.4) is 0 Å². The van der Waals surface area contributed by atoms with Crippen LogP contribution in [0.5, 0.6) is 0 Å². The number of hydrogen-bond acceptors (Lipinski definition) is 3. The zero-order valence-corrected chi connectivity index (χ0v) is 12.8. The average molecular weight is 292 g/mol. The molecule has 0 spiro atoms. The number of aliphatic carboxylic acids is 1. The Morgan fingerprint density at radius 3 is 2.33 bits per heavy atom. The van der Waals surface area contributed by atoms with Gasteiger partial charge in [-0.2, -0.15) is 0 Å². The zero-order valence-electron chi connectivity index (χ0n) is 12.8. The molecule has 1 aromatic rings. The summed E-state index contributed by atoms with van der Waals surface area (Å²) >= 11 is 0. The maximum atomic E-state index is 12.1. The molecule has 116 valence electrons. The Balaban J connectivity index is 2.67. The SMILES string of the molecule is CCCC(C)NC(=O)C(C)NC(C(=O)O)c1ccccc1. The van der Waals surface area contributed by atoms with Gasteiger partial charge in [0.05, 0.1) is 6.04 Å². The van der Waals surface area contributed by atoms with E-state index < -0.39 is 18.1 Å². The van der Waals surface area contributed by atoms with Gasteiger partial charge in [-0.1, -0.05) is 43.7 Å². The van der Waals surface area contributed by atoms with Crippen LogP contribution in [0.2, 0.25) is 0 Å². The zero-order chi connectivity index (χ0) is 15.8. The van der Waals surface area contributed by atoms with Crippen LogP contribution in [0, 0.1) is 0 Å². The van der Waals surface area contributed by atoms with Crippen molar-refractivity contribution >= 4 is 11.9 Å². The van der Waals surface area contributed by atoms with E-state index in [1.807, 2.05) is 13.0 Å². The summed E-state index contributed by atoms with van der Waals surface area (Å²) in [6, 6.07) is 7.46. The molecular formula is C16H24N2O3. The summed E-state index contributed by atoms with van der Waals surface area (Å²) in [5, 5.41) is 15.1. The number of rotatable bonds is 8. The van der Waals surface area contributed by atoms with Gasteiger partial charge >= 0.3 is 5.97 Å². The minimum atomic E-state index is -0.998. The highest BCUT2D eigenvalue weighted by molar-refractivity contribution is 5.83. The fraction of sp³-hybridized carbons (Fsp3) is 0.500. The lowest BCUT2D eigenvalue weighted by Gasteiger charge is -2.22. The van der Waals surface area contributed by atoms with Crippen molar-refractivity contribution in [1.82, 2.24) is 10.6 Å². The second kappa shape index (κ2) is 8.42.